The van der Waals surface area contributed by atoms with Crippen molar-refractivity contribution in [2.75, 3.05) is 30.3 Å². The first kappa shape index (κ1) is 16.4. The van der Waals surface area contributed by atoms with Crippen LogP contribution in [0.2, 0.25) is 0 Å². The molecule has 25 heavy (non-hydrogen) atoms. The maximum Gasteiger partial charge on any atom is 0.224 e. The fourth-order valence-electron chi connectivity index (χ4n) is 3.60. The van der Waals surface area contributed by atoms with Crippen molar-refractivity contribution in [3.63, 3.8) is 0 Å². The highest BCUT2D eigenvalue weighted by molar-refractivity contribution is 5.85. The van der Waals surface area contributed by atoms with Gasteiger partial charge in [-0.15, -0.1) is 0 Å². The monoisotopic (exact) mass is 352 g/mol. The summed E-state index contributed by atoms with van der Waals surface area (Å²) < 4.78 is 22.0. The lowest BCUT2D eigenvalue weighted by molar-refractivity contribution is -0.0566. The third-order valence-corrected chi connectivity index (χ3v) is 4.98. The molecule has 4 N–H and O–H groups in total. The number of nitrogens with two attached hydrogens (primary N) is 1. The van der Waals surface area contributed by atoms with Gasteiger partial charge in [-0.2, -0.15) is 9.97 Å². The number of rotatable bonds is 3. The second-order valence-corrected chi connectivity index (χ2v) is 6.73. The molecule has 2 aromatic rings. The predicted molar refractivity (Wildman–Crippen MR) is 87.7 cm³/mol. The predicted octanol–water partition coefficient (Wildman–Crippen LogP) is -0.0125. The quantitative estimate of drug-likeness (QED) is 0.705. The molecule has 0 radical (unpaired) electrons. The first-order chi connectivity index (χ1) is 11.9. The molecule has 0 saturated carbocycles. The van der Waals surface area contributed by atoms with Crippen LogP contribution in [-0.2, 0) is 4.74 Å². The Hall–Kier alpha value is -2.04. The van der Waals surface area contributed by atoms with Gasteiger partial charge in [0.1, 0.15) is 12.2 Å². The van der Waals surface area contributed by atoms with Gasteiger partial charge in [-0.3, -0.25) is 4.57 Å². The van der Waals surface area contributed by atoms with Gasteiger partial charge < -0.3 is 25.6 Å². The minimum absolute atomic E-state index is 0.0639. The number of nitrogens with zero attached hydrogens (tertiary/aromatic N) is 5. The number of hydrogen-bond donors (Lipinski definition) is 3. The number of ether oxygens (including phenoxy) is 1. The maximum atomic E-state index is 15.1. The average molecular weight is 352 g/mol. The van der Waals surface area contributed by atoms with Crippen molar-refractivity contribution in [2.45, 2.75) is 43.9 Å². The van der Waals surface area contributed by atoms with Crippen LogP contribution in [0, 0.1) is 0 Å². The van der Waals surface area contributed by atoms with Crippen molar-refractivity contribution < 1.29 is 19.3 Å². The van der Waals surface area contributed by atoms with Gasteiger partial charge in [0.2, 0.25) is 5.95 Å². The van der Waals surface area contributed by atoms with E-state index in [0.717, 1.165) is 25.9 Å². The SMILES string of the molecule is C[C@@]1(F)[C@H](O)[C@@H](CO)O[C@H]1n1cnc2c(N3CCCC3)nc(N)nc21. The van der Waals surface area contributed by atoms with Gasteiger partial charge in [0.05, 0.1) is 12.9 Å². The van der Waals surface area contributed by atoms with E-state index in [0.29, 0.717) is 17.0 Å². The van der Waals surface area contributed by atoms with E-state index in [1.54, 1.807) is 0 Å². The Kier molecular flexibility index (Phi) is 3.78. The molecule has 2 aliphatic heterocycles. The number of alkyl halides is 1. The van der Waals surface area contributed by atoms with Gasteiger partial charge in [0, 0.05) is 13.1 Å². The number of halogens is 1. The Bertz CT molecular complexity index is 791. The Morgan fingerprint density at radius 3 is 2.76 bits per heavy atom. The summed E-state index contributed by atoms with van der Waals surface area (Å²) in [6.07, 6.45) is -0.125. The molecule has 0 unspecified atom stereocenters. The fourth-order valence-corrected chi connectivity index (χ4v) is 3.60. The van der Waals surface area contributed by atoms with Gasteiger partial charge in [-0.1, -0.05) is 0 Å². The molecule has 0 spiro atoms. The molecule has 2 aliphatic rings. The molecule has 9 nitrogen and oxygen atoms in total. The van der Waals surface area contributed by atoms with E-state index in [-0.39, 0.29) is 5.95 Å². The molecule has 0 aliphatic carbocycles. The van der Waals surface area contributed by atoms with Crippen LogP contribution in [0.3, 0.4) is 0 Å². The first-order valence-electron chi connectivity index (χ1n) is 8.31. The van der Waals surface area contributed by atoms with Gasteiger partial charge in [0.25, 0.3) is 0 Å². The lowest BCUT2D eigenvalue weighted by Gasteiger charge is -2.24. The molecule has 4 rings (SSSR count). The number of anilines is 2. The summed E-state index contributed by atoms with van der Waals surface area (Å²) in [6.45, 7) is 2.45. The molecule has 4 atom stereocenters. The number of imidazole rings is 1. The van der Waals surface area contributed by atoms with Crippen LogP contribution in [-0.4, -0.2) is 67.3 Å². The Balaban J connectivity index is 1.81. The van der Waals surface area contributed by atoms with Crippen LogP contribution in [0.15, 0.2) is 6.33 Å². The molecule has 0 amide bonds. The summed E-state index contributed by atoms with van der Waals surface area (Å²) in [4.78, 5) is 14.9. The number of hydrogen-bond acceptors (Lipinski definition) is 8. The highest BCUT2D eigenvalue weighted by atomic mass is 19.1. The Morgan fingerprint density at radius 2 is 2.12 bits per heavy atom. The third-order valence-electron chi connectivity index (χ3n) is 4.98. The minimum atomic E-state index is -2.12. The van der Waals surface area contributed by atoms with E-state index < -0.39 is 30.7 Å². The molecule has 0 aromatic carbocycles. The zero-order valence-electron chi connectivity index (χ0n) is 13.8. The van der Waals surface area contributed by atoms with E-state index in [4.69, 9.17) is 10.5 Å². The van der Waals surface area contributed by atoms with E-state index in [1.807, 2.05) is 0 Å². The van der Waals surface area contributed by atoms with Crippen LogP contribution in [0.1, 0.15) is 26.0 Å². The van der Waals surface area contributed by atoms with Gasteiger partial charge >= 0.3 is 0 Å². The Labute approximate surface area is 143 Å². The lowest BCUT2D eigenvalue weighted by Crippen LogP contribution is -2.40. The summed E-state index contributed by atoms with van der Waals surface area (Å²) >= 11 is 0. The average Bonchev–Trinajstić information content (AvgIpc) is 3.28. The maximum absolute atomic E-state index is 15.1. The largest absolute Gasteiger partial charge is 0.394 e. The van der Waals surface area contributed by atoms with Crippen molar-refractivity contribution in [2.24, 2.45) is 0 Å². The van der Waals surface area contributed by atoms with Crippen LogP contribution in [0.25, 0.3) is 11.2 Å². The van der Waals surface area contributed by atoms with Crippen LogP contribution in [0.4, 0.5) is 16.2 Å². The van der Waals surface area contributed by atoms with E-state index in [9.17, 15) is 10.2 Å². The topological polar surface area (TPSA) is 123 Å². The van der Waals surface area contributed by atoms with Gasteiger partial charge in [0.15, 0.2) is 28.9 Å². The molecular weight excluding hydrogens is 331 g/mol. The summed E-state index contributed by atoms with van der Waals surface area (Å²) in [5.74, 6) is 0.686. The fraction of sp³-hybridized carbons (Fsp3) is 0.667. The van der Waals surface area contributed by atoms with Crippen LogP contribution >= 0.6 is 0 Å². The minimum Gasteiger partial charge on any atom is -0.394 e. The van der Waals surface area contributed by atoms with Gasteiger partial charge in [-0.05, 0) is 19.8 Å². The molecule has 0 bridgehead atoms. The Morgan fingerprint density at radius 1 is 1.40 bits per heavy atom. The van der Waals surface area contributed by atoms with Crippen molar-refractivity contribution in [1.29, 1.82) is 0 Å². The first-order valence-corrected chi connectivity index (χ1v) is 8.31. The zero-order valence-corrected chi connectivity index (χ0v) is 13.8. The molecule has 4 heterocycles. The van der Waals surface area contributed by atoms with E-state index in [2.05, 4.69) is 19.9 Å². The van der Waals surface area contributed by atoms with Gasteiger partial charge in [-0.25, -0.2) is 9.37 Å². The van der Waals surface area contributed by atoms with Crippen molar-refractivity contribution >= 4 is 22.9 Å². The number of aromatic nitrogens is 4. The highest BCUT2D eigenvalue weighted by Gasteiger charge is 2.55. The summed E-state index contributed by atoms with van der Waals surface area (Å²) in [7, 11) is 0. The molecule has 2 fully saturated rings. The number of aliphatic hydroxyl groups is 2. The van der Waals surface area contributed by atoms with E-state index >= 15 is 4.39 Å². The number of aliphatic hydroxyl groups excluding tert-OH is 2. The number of nitrogen functional groups attached to an aromatic ring is 1. The molecule has 2 saturated heterocycles. The molecule has 136 valence electrons. The smallest absolute Gasteiger partial charge is 0.224 e. The third kappa shape index (κ3) is 2.43. The van der Waals surface area contributed by atoms with Crippen LogP contribution in [0.5, 0.6) is 0 Å². The summed E-state index contributed by atoms with van der Waals surface area (Å²) in [5.41, 5.74) is 4.59. The van der Waals surface area contributed by atoms with Crippen molar-refractivity contribution in [3.05, 3.63) is 6.33 Å². The standard InChI is InChI=1S/C15H21FN6O3/c1-15(16)10(24)8(6-23)25-13(15)22-7-18-9-11(21-4-2-3-5-21)19-14(17)20-12(9)22/h7-8,10,13,23-24H,2-6H2,1H3,(H2,17,19,20)/t8-,10-,13-,15-/m1/s1. The van der Waals surface area contributed by atoms with Crippen molar-refractivity contribution in [3.8, 4) is 0 Å². The lowest BCUT2D eigenvalue weighted by atomic mass is 9.98. The zero-order chi connectivity index (χ0) is 17.8. The molecule has 10 heteroatoms. The second kappa shape index (κ2) is 5.75. The van der Waals surface area contributed by atoms with E-state index in [1.165, 1.54) is 17.8 Å². The van der Waals surface area contributed by atoms with Crippen molar-refractivity contribution in [1.82, 2.24) is 19.5 Å². The molecular formula is C15H21FN6O3. The highest BCUT2D eigenvalue weighted by Crippen LogP contribution is 2.42. The summed E-state index contributed by atoms with van der Waals surface area (Å²) in [5, 5.41) is 19.4. The summed E-state index contributed by atoms with van der Waals surface area (Å²) in [6, 6.07) is 0. The molecule has 2 aromatic heterocycles. The normalized spacial score (nSPS) is 32.8. The number of fused-ring (bicyclic) bond motifs is 1. The van der Waals surface area contributed by atoms with Crippen LogP contribution < -0.4 is 10.6 Å². The second-order valence-electron chi connectivity index (χ2n) is 6.73.